The molecule has 0 saturated carbocycles. The molecule has 0 amide bonds. The Bertz CT molecular complexity index is 392. The van der Waals surface area contributed by atoms with Crippen molar-refractivity contribution in [3.8, 4) is 5.75 Å². The van der Waals surface area contributed by atoms with Gasteiger partial charge in [-0.3, -0.25) is 0 Å². The first-order chi connectivity index (χ1) is 9.43. The van der Waals surface area contributed by atoms with Crippen LogP contribution in [-0.4, -0.2) is 49.4 Å². The van der Waals surface area contributed by atoms with Crippen LogP contribution in [0.3, 0.4) is 0 Å². The topological polar surface area (TPSA) is 44.7 Å². The van der Waals surface area contributed by atoms with Crippen molar-refractivity contribution in [3.63, 3.8) is 0 Å². The SMILES string of the molecule is CCCOc1cccc(CNCC(C)(O)CN(C)C)c1. The molecule has 1 unspecified atom stereocenters. The van der Waals surface area contributed by atoms with E-state index in [0.717, 1.165) is 25.3 Å². The van der Waals surface area contributed by atoms with Gasteiger partial charge in [0.1, 0.15) is 5.75 Å². The van der Waals surface area contributed by atoms with E-state index in [2.05, 4.69) is 18.3 Å². The standard InChI is InChI=1S/C16H28N2O2/c1-5-9-20-15-8-6-7-14(10-15)11-17-12-16(2,19)13-18(3)4/h6-8,10,17,19H,5,9,11-13H2,1-4H3. The van der Waals surface area contributed by atoms with E-state index in [9.17, 15) is 5.11 Å². The highest BCUT2D eigenvalue weighted by molar-refractivity contribution is 5.28. The fraction of sp³-hybridized carbons (Fsp3) is 0.625. The van der Waals surface area contributed by atoms with E-state index in [-0.39, 0.29) is 0 Å². The molecule has 0 bridgehead atoms. The van der Waals surface area contributed by atoms with Crippen molar-refractivity contribution in [2.75, 3.05) is 33.8 Å². The molecule has 1 atom stereocenters. The summed E-state index contributed by atoms with van der Waals surface area (Å²) < 4.78 is 5.61. The predicted octanol–water partition coefficient (Wildman–Crippen LogP) is 1.88. The molecule has 20 heavy (non-hydrogen) atoms. The van der Waals surface area contributed by atoms with Crippen LogP contribution in [-0.2, 0) is 6.54 Å². The van der Waals surface area contributed by atoms with Gasteiger partial charge >= 0.3 is 0 Å². The van der Waals surface area contributed by atoms with Crippen molar-refractivity contribution in [2.24, 2.45) is 0 Å². The summed E-state index contributed by atoms with van der Waals surface area (Å²) in [6.45, 7) is 6.62. The van der Waals surface area contributed by atoms with Gasteiger partial charge in [0.25, 0.3) is 0 Å². The van der Waals surface area contributed by atoms with Gasteiger partial charge < -0.3 is 20.1 Å². The Balaban J connectivity index is 2.41. The number of nitrogens with zero attached hydrogens (tertiary/aromatic N) is 1. The van der Waals surface area contributed by atoms with Crippen LogP contribution in [0.5, 0.6) is 5.75 Å². The third-order valence-electron chi connectivity index (χ3n) is 2.86. The lowest BCUT2D eigenvalue weighted by molar-refractivity contribution is 0.0336. The van der Waals surface area contributed by atoms with Crippen molar-refractivity contribution in [1.29, 1.82) is 0 Å². The number of nitrogens with one attached hydrogen (secondary N) is 1. The monoisotopic (exact) mass is 280 g/mol. The minimum atomic E-state index is -0.722. The molecule has 4 nitrogen and oxygen atoms in total. The highest BCUT2D eigenvalue weighted by atomic mass is 16.5. The average Bonchev–Trinajstić information content (AvgIpc) is 2.35. The van der Waals surface area contributed by atoms with Gasteiger partial charge in [-0.15, -0.1) is 0 Å². The lowest BCUT2D eigenvalue weighted by Crippen LogP contribution is -2.45. The smallest absolute Gasteiger partial charge is 0.119 e. The number of benzene rings is 1. The van der Waals surface area contributed by atoms with Gasteiger partial charge in [-0.2, -0.15) is 0 Å². The van der Waals surface area contributed by atoms with Crippen molar-refractivity contribution in [3.05, 3.63) is 29.8 Å². The second kappa shape index (κ2) is 8.25. The summed E-state index contributed by atoms with van der Waals surface area (Å²) in [5.41, 5.74) is 0.444. The molecule has 1 aromatic rings. The predicted molar refractivity (Wildman–Crippen MR) is 83.1 cm³/mol. The molecule has 0 spiro atoms. The Kier molecular flexibility index (Phi) is 6.99. The summed E-state index contributed by atoms with van der Waals surface area (Å²) in [5, 5.41) is 13.5. The minimum absolute atomic E-state index is 0.561. The fourth-order valence-corrected chi connectivity index (χ4v) is 2.18. The quantitative estimate of drug-likeness (QED) is 0.725. The first-order valence-electron chi connectivity index (χ1n) is 7.22. The van der Waals surface area contributed by atoms with Crippen molar-refractivity contribution in [1.82, 2.24) is 10.2 Å². The van der Waals surface area contributed by atoms with E-state index in [1.807, 2.05) is 44.1 Å². The van der Waals surface area contributed by atoms with Crippen LogP contribution in [0.2, 0.25) is 0 Å². The second-order valence-electron chi connectivity index (χ2n) is 5.83. The van der Waals surface area contributed by atoms with Gasteiger partial charge in [0.05, 0.1) is 12.2 Å². The molecule has 4 heteroatoms. The van der Waals surface area contributed by atoms with Gasteiger partial charge in [-0.05, 0) is 45.1 Å². The van der Waals surface area contributed by atoms with Crippen LogP contribution in [0.4, 0.5) is 0 Å². The molecule has 0 heterocycles. The lowest BCUT2D eigenvalue weighted by Gasteiger charge is -2.27. The van der Waals surface area contributed by atoms with Gasteiger partial charge in [-0.25, -0.2) is 0 Å². The minimum Gasteiger partial charge on any atom is -0.494 e. The summed E-state index contributed by atoms with van der Waals surface area (Å²) >= 11 is 0. The largest absolute Gasteiger partial charge is 0.494 e. The van der Waals surface area contributed by atoms with E-state index >= 15 is 0 Å². The molecule has 114 valence electrons. The Morgan fingerprint density at radius 1 is 1.35 bits per heavy atom. The number of hydrogen-bond acceptors (Lipinski definition) is 4. The average molecular weight is 280 g/mol. The molecule has 1 rings (SSSR count). The fourth-order valence-electron chi connectivity index (χ4n) is 2.18. The van der Waals surface area contributed by atoms with Gasteiger partial charge in [0, 0.05) is 19.6 Å². The molecule has 0 fully saturated rings. The van der Waals surface area contributed by atoms with Gasteiger partial charge in [0.15, 0.2) is 0 Å². The van der Waals surface area contributed by atoms with E-state index < -0.39 is 5.60 Å². The Morgan fingerprint density at radius 3 is 2.75 bits per heavy atom. The van der Waals surface area contributed by atoms with Crippen LogP contribution < -0.4 is 10.1 Å². The molecule has 0 saturated heterocycles. The summed E-state index contributed by atoms with van der Waals surface area (Å²) in [5.74, 6) is 0.909. The zero-order valence-electron chi connectivity index (χ0n) is 13.1. The third kappa shape index (κ3) is 6.89. The zero-order valence-corrected chi connectivity index (χ0v) is 13.1. The van der Waals surface area contributed by atoms with E-state index in [0.29, 0.717) is 13.1 Å². The zero-order chi connectivity index (χ0) is 15.0. The maximum Gasteiger partial charge on any atom is 0.119 e. The van der Waals surface area contributed by atoms with Gasteiger partial charge in [0.2, 0.25) is 0 Å². The number of hydrogen-bond donors (Lipinski definition) is 2. The maximum atomic E-state index is 10.2. The molecule has 0 aliphatic heterocycles. The number of rotatable bonds is 9. The maximum absolute atomic E-state index is 10.2. The van der Waals surface area contributed by atoms with Crippen molar-refractivity contribution in [2.45, 2.75) is 32.4 Å². The molecule has 2 N–H and O–H groups in total. The van der Waals surface area contributed by atoms with E-state index in [4.69, 9.17) is 4.74 Å². The molecular weight excluding hydrogens is 252 g/mol. The molecule has 0 aliphatic rings. The highest BCUT2D eigenvalue weighted by Gasteiger charge is 2.20. The Labute approximate surface area is 122 Å². The van der Waals surface area contributed by atoms with Crippen LogP contribution in [0.1, 0.15) is 25.8 Å². The molecule has 0 aliphatic carbocycles. The molecule has 0 radical (unpaired) electrons. The molecular formula is C16H28N2O2. The van der Waals surface area contributed by atoms with E-state index in [1.54, 1.807) is 0 Å². The molecule has 1 aromatic carbocycles. The summed E-state index contributed by atoms with van der Waals surface area (Å²) in [7, 11) is 3.92. The van der Waals surface area contributed by atoms with Crippen LogP contribution >= 0.6 is 0 Å². The van der Waals surface area contributed by atoms with Crippen LogP contribution in [0, 0.1) is 0 Å². The summed E-state index contributed by atoms with van der Waals surface area (Å²) in [6, 6.07) is 8.08. The van der Waals surface area contributed by atoms with Crippen LogP contribution in [0.15, 0.2) is 24.3 Å². The van der Waals surface area contributed by atoms with Crippen molar-refractivity contribution < 1.29 is 9.84 Å². The lowest BCUT2D eigenvalue weighted by atomic mass is 10.1. The highest BCUT2D eigenvalue weighted by Crippen LogP contribution is 2.13. The number of aliphatic hydroxyl groups is 1. The van der Waals surface area contributed by atoms with Crippen LogP contribution in [0.25, 0.3) is 0 Å². The number of likely N-dealkylation sites (N-methyl/N-ethyl adjacent to an activating group) is 1. The van der Waals surface area contributed by atoms with Gasteiger partial charge in [-0.1, -0.05) is 19.1 Å². The summed E-state index contributed by atoms with van der Waals surface area (Å²) in [4.78, 5) is 1.99. The summed E-state index contributed by atoms with van der Waals surface area (Å²) in [6.07, 6.45) is 1.01. The Morgan fingerprint density at radius 2 is 2.10 bits per heavy atom. The number of ether oxygens (including phenoxy) is 1. The third-order valence-corrected chi connectivity index (χ3v) is 2.86. The Hall–Kier alpha value is -1.10. The first kappa shape index (κ1) is 17.0. The second-order valence-corrected chi connectivity index (χ2v) is 5.83. The molecule has 0 aromatic heterocycles. The van der Waals surface area contributed by atoms with Crippen molar-refractivity contribution >= 4 is 0 Å². The van der Waals surface area contributed by atoms with E-state index in [1.165, 1.54) is 5.56 Å². The normalized spacial score (nSPS) is 14.3. The first-order valence-corrected chi connectivity index (χ1v) is 7.22.